The van der Waals surface area contributed by atoms with Crippen LogP contribution in [0.2, 0.25) is 0 Å². The predicted octanol–water partition coefficient (Wildman–Crippen LogP) is 2.89. The topological polar surface area (TPSA) is 66.4 Å². The third-order valence-electron chi connectivity index (χ3n) is 4.25. The second kappa shape index (κ2) is 7.18. The van der Waals surface area contributed by atoms with Crippen LogP contribution >= 0.6 is 11.8 Å². The average molecular weight is 321 g/mol. The molecule has 2 N–H and O–H groups in total. The zero-order chi connectivity index (χ0) is 16.2. The normalized spacial score (nSPS) is 22.5. The van der Waals surface area contributed by atoms with E-state index in [1.165, 1.54) is 0 Å². The molecule has 0 aliphatic carbocycles. The highest BCUT2D eigenvalue weighted by atomic mass is 32.2. The van der Waals surface area contributed by atoms with E-state index < -0.39 is 11.5 Å². The number of hydrogen-bond acceptors (Lipinski definition) is 3. The van der Waals surface area contributed by atoms with Gasteiger partial charge in [0.25, 0.3) is 0 Å². The van der Waals surface area contributed by atoms with Crippen molar-refractivity contribution in [3.05, 3.63) is 35.9 Å². The fourth-order valence-corrected chi connectivity index (χ4v) is 4.17. The van der Waals surface area contributed by atoms with E-state index in [1.54, 1.807) is 11.8 Å². The van der Waals surface area contributed by atoms with Gasteiger partial charge in [-0.1, -0.05) is 44.2 Å². The molecule has 1 aliphatic rings. The van der Waals surface area contributed by atoms with Crippen LogP contribution in [-0.2, 0) is 9.59 Å². The average Bonchev–Trinajstić information content (AvgIpc) is 2.95. The van der Waals surface area contributed by atoms with Crippen molar-refractivity contribution in [2.24, 2.45) is 5.92 Å². The summed E-state index contributed by atoms with van der Waals surface area (Å²) in [6.07, 6.45) is 0.817. The highest BCUT2D eigenvalue weighted by Crippen LogP contribution is 2.31. The molecule has 0 saturated carbocycles. The lowest BCUT2D eigenvalue weighted by molar-refractivity contribution is -0.146. The smallest absolute Gasteiger partial charge is 0.330 e. The van der Waals surface area contributed by atoms with Gasteiger partial charge in [-0.25, -0.2) is 4.79 Å². The van der Waals surface area contributed by atoms with Gasteiger partial charge >= 0.3 is 5.97 Å². The van der Waals surface area contributed by atoms with Crippen LogP contribution in [0.15, 0.2) is 30.3 Å². The number of rotatable bonds is 6. The van der Waals surface area contributed by atoms with Crippen LogP contribution in [0.5, 0.6) is 0 Å². The monoisotopic (exact) mass is 321 g/mol. The molecule has 5 heteroatoms. The van der Waals surface area contributed by atoms with Crippen LogP contribution in [0.3, 0.4) is 0 Å². The number of carbonyl (C=O) groups excluding carboxylic acids is 1. The maximum absolute atomic E-state index is 12.4. The molecule has 22 heavy (non-hydrogen) atoms. The van der Waals surface area contributed by atoms with Crippen molar-refractivity contribution in [2.45, 2.75) is 38.1 Å². The fraction of sp³-hybridized carbons (Fsp3) is 0.529. The number of nitrogens with one attached hydrogen (secondary N) is 1. The Bertz CT molecular complexity index is 524. The summed E-state index contributed by atoms with van der Waals surface area (Å²) in [6.45, 7) is 4.17. The van der Waals surface area contributed by atoms with Gasteiger partial charge in [0.2, 0.25) is 5.91 Å². The van der Waals surface area contributed by atoms with Gasteiger partial charge in [-0.2, -0.15) is 11.8 Å². The Labute approximate surface area is 135 Å². The number of amides is 1. The molecule has 0 aromatic heterocycles. The van der Waals surface area contributed by atoms with Gasteiger partial charge in [0.1, 0.15) is 5.54 Å². The van der Waals surface area contributed by atoms with Crippen molar-refractivity contribution in [3.8, 4) is 0 Å². The largest absolute Gasteiger partial charge is 0.479 e. The van der Waals surface area contributed by atoms with Crippen molar-refractivity contribution >= 4 is 23.6 Å². The first-order valence-corrected chi connectivity index (χ1v) is 8.77. The number of hydrogen-bond donors (Lipinski definition) is 2. The van der Waals surface area contributed by atoms with E-state index >= 15 is 0 Å². The third kappa shape index (κ3) is 3.83. The van der Waals surface area contributed by atoms with Crippen molar-refractivity contribution in [1.29, 1.82) is 0 Å². The number of carboxylic acids is 1. The molecule has 1 aromatic rings. The minimum Gasteiger partial charge on any atom is -0.479 e. The van der Waals surface area contributed by atoms with Crippen molar-refractivity contribution < 1.29 is 14.7 Å². The lowest BCUT2D eigenvalue weighted by Crippen LogP contribution is -2.55. The molecule has 0 bridgehead atoms. The summed E-state index contributed by atoms with van der Waals surface area (Å²) in [5.74, 6) is 0.539. The molecule has 2 unspecified atom stereocenters. The summed E-state index contributed by atoms with van der Waals surface area (Å²) >= 11 is 1.58. The molecule has 0 radical (unpaired) electrons. The first-order chi connectivity index (χ1) is 10.4. The zero-order valence-corrected chi connectivity index (χ0v) is 13.9. The quantitative estimate of drug-likeness (QED) is 0.845. The van der Waals surface area contributed by atoms with E-state index in [2.05, 4.69) is 19.2 Å². The van der Waals surface area contributed by atoms with Crippen LogP contribution in [0.1, 0.15) is 38.2 Å². The Hall–Kier alpha value is -1.49. The van der Waals surface area contributed by atoms with Crippen LogP contribution in [0.25, 0.3) is 0 Å². The Morgan fingerprint density at radius 2 is 2.00 bits per heavy atom. The van der Waals surface area contributed by atoms with Gasteiger partial charge in [0, 0.05) is 12.2 Å². The van der Waals surface area contributed by atoms with Crippen LogP contribution in [-0.4, -0.2) is 34.0 Å². The second-order valence-electron chi connectivity index (χ2n) is 6.20. The van der Waals surface area contributed by atoms with E-state index in [-0.39, 0.29) is 11.8 Å². The lowest BCUT2D eigenvalue weighted by atomic mass is 9.85. The Morgan fingerprint density at radius 1 is 1.32 bits per heavy atom. The molecule has 2 rings (SSSR count). The standard InChI is InChI=1S/C17H23NO3S/c1-12(2)14(13-6-4-3-5-7-13)10-15(19)18-17(16(20)21)8-9-22-11-17/h3-7,12,14H,8-11H2,1-2H3,(H,18,19)(H,20,21). The Kier molecular flexibility index (Phi) is 5.51. The molecule has 1 heterocycles. The molecule has 4 nitrogen and oxygen atoms in total. The molecular formula is C17H23NO3S. The van der Waals surface area contributed by atoms with Crippen LogP contribution < -0.4 is 5.32 Å². The molecule has 2 atom stereocenters. The van der Waals surface area contributed by atoms with Crippen molar-refractivity contribution in [3.63, 3.8) is 0 Å². The minimum absolute atomic E-state index is 0.0982. The van der Waals surface area contributed by atoms with Gasteiger partial charge in [-0.3, -0.25) is 4.79 Å². The van der Waals surface area contributed by atoms with Gasteiger partial charge in [-0.15, -0.1) is 0 Å². The number of benzene rings is 1. The number of carboxylic acid groups (broad SMARTS) is 1. The maximum Gasteiger partial charge on any atom is 0.330 e. The number of carbonyl (C=O) groups is 2. The molecule has 0 spiro atoms. The Morgan fingerprint density at radius 3 is 2.50 bits per heavy atom. The SMILES string of the molecule is CC(C)C(CC(=O)NC1(C(=O)O)CCSC1)c1ccccc1. The van der Waals surface area contributed by atoms with E-state index in [0.717, 1.165) is 11.3 Å². The van der Waals surface area contributed by atoms with Gasteiger partial charge in [0.05, 0.1) is 0 Å². The first-order valence-electron chi connectivity index (χ1n) is 7.62. The molecule has 1 aliphatic heterocycles. The molecule has 1 fully saturated rings. The van der Waals surface area contributed by atoms with Crippen LogP contribution in [0, 0.1) is 5.92 Å². The van der Waals surface area contributed by atoms with E-state index in [9.17, 15) is 14.7 Å². The van der Waals surface area contributed by atoms with Crippen LogP contribution in [0.4, 0.5) is 0 Å². The zero-order valence-electron chi connectivity index (χ0n) is 13.0. The maximum atomic E-state index is 12.4. The number of thioether (sulfide) groups is 1. The molecular weight excluding hydrogens is 298 g/mol. The molecule has 120 valence electrons. The predicted molar refractivity (Wildman–Crippen MR) is 89.1 cm³/mol. The van der Waals surface area contributed by atoms with E-state index in [0.29, 0.717) is 24.5 Å². The summed E-state index contributed by atoms with van der Waals surface area (Å²) in [5, 5.41) is 12.2. The van der Waals surface area contributed by atoms with Gasteiger partial charge in [0.15, 0.2) is 0 Å². The summed E-state index contributed by atoms with van der Waals surface area (Å²) in [5.41, 5.74) is 0.0396. The minimum atomic E-state index is -1.08. The molecule has 1 amide bonds. The van der Waals surface area contributed by atoms with E-state index in [1.807, 2.05) is 30.3 Å². The summed E-state index contributed by atoms with van der Waals surface area (Å²) in [7, 11) is 0. The summed E-state index contributed by atoms with van der Waals surface area (Å²) < 4.78 is 0. The number of aliphatic carboxylic acids is 1. The third-order valence-corrected chi connectivity index (χ3v) is 5.44. The molecule has 1 saturated heterocycles. The second-order valence-corrected chi connectivity index (χ2v) is 7.31. The first kappa shape index (κ1) is 16.9. The lowest BCUT2D eigenvalue weighted by Gasteiger charge is -2.27. The fourth-order valence-electron chi connectivity index (χ4n) is 2.84. The molecule has 1 aromatic carbocycles. The summed E-state index contributed by atoms with van der Waals surface area (Å²) in [4.78, 5) is 23.9. The highest BCUT2D eigenvalue weighted by Gasteiger charge is 2.43. The summed E-state index contributed by atoms with van der Waals surface area (Å²) in [6, 6.07) is 9.94. The Balaban J connectivity index is 2.07. The van der Waals surface area contributed by atoms with E-state index in [4.69, 9.17) is 0 Å². The van der Waals surface area contributed by atoms with Crippen molar-refractivity contribution in [2.75, 3.05) is 11.5 Å². The highest BCUT2D eigenvalue weighted by molar-refractivity contribution is 7.99. The van der Waals surface area contributed by atoms with Gasteiger partial charge < -0.3 is 10.4 Å². The van der Waals surface area contributed by atoms with Crippen molar-refractivity contribution in [1.82, 2.24) is 5.32 Å². The van der Waals surface area contributed by atoms with Gasteiger partial charge in [-0.05, 0) is 29.6 Å².